The van der Waals surface area contributed by atoms with Gasteiger partial charge in [0.25, 0.3) is 5.91 Å². The molecule has 4 nitrogen and oxygen atoms in total. The summed E-state index contributed by atoms with van der Waals surface area (Å²) in [5, 5.41) is 0. The maximum absolute atomic E-state index is 12.6. The molecule has 5 heteroatoms. The SMILES string of the molecule is O=C(c1cncc(Br)c1)N1CCOC2CCCCC21. The van der Waals surface area contributed by atoms with E-state index in [1.165, 1.54) is 12.8 Å². The summed E-state index contributed by atoms with van der Waals surface area (Å²) in [6, 6.07) is 2.08. The third kappa shape index (κ3) is 2.67. The van der Waals surface area contributed by atoms with E-state index in [0.717, 1.165) is 17.3 Å². The Labute approximate surface area is 121 Å². The minimum atomic E-state index is 0.0778. The molecule has 1 aromatic rings. The summed E-state index contributed by atoms with van der Waals surface area (Å²) in [7, 11) is 0. The molecule has 2 fully saturated rings. The molecule has 3 rings (SSSR count). The van der Waals surface area contributed by atoms with Crippen LogP contribution in [-0.4, -0.2) is 41.1 Å². The average molecular weight is 325 g/mol. The molecule has 1 aliphatic carbocycles. The van der Waals surface area contributed by atoms with Crippen molar-refractivity contribution >= 4 is 21.8 Å². The molecule has 1 aliphatic heterocycles. The zero-order valence-electron chi connectivity index (χ0n) is 10.7. The maximum Gasteiger partial charge on any atom is 0.255 e. The number of nitrogens with zero attached hydrogens (tertiary/aromatic N) is 2. The van der Waals surface area contributed by atoms with Gasteiger partial charge in [0.1, 0.15) is 0 Å². The summed E-state index contributed by atoms with van der Waals surface area (Å²) in [6.45, 7) is 1.33. The molecular weight excluding hydrogens is 308 g/mol. The first-order valence-electron chi connectivity index (χ1n) is 6.79. The Morgan fingerprint density at radius 1 is 1.37 bits per heavy atom. The number of carbonyl (C=O) groups excluding carboxylic acids is 1. The second kappa shape index (κ2) is 5.59. The molecule has 0 aromatic carbocycles. The van der Waals surface area contributed by atoms with Gasteiger partial charge in [0.15, 0.2) is 0 Å². The number of halogens is 1. The summed E-state index contributed by atoms with van der Waals surface area (Å²) < 4.78 is 6.64. The molecule has 1 saturated heterocycles. The lowest BCUT2D eigenvalue weighted by Crippen LogP contribution is -2.54. The smallest absolute Gasteiger partial charge is 0.255 e. The lowest BCUT2D eigenvalue weighted by Gasteiger charge is -2.43. The van der Waals surface area contributed by atoms with E-state index in [1.807, 2.05) is 11.0 Å². The van der Waals surface area contributed by atoms with Crippen LogP contribution in [0.1, 0.15) is 36.0 Å². The van der Waals surface area contributed by atoms with Crippen LogP contribution >= 0.6 is 15.9 Å². The Hall–Kier alpha value is -0.940. The second-order valence-electron chi connectivity index (χ2n) is 5.15. The fraction of sp³-hybridized carbons (Fsp3) is 0.571. The Morgan fingerprint density at radius 3 is 3.05 bits per heavy atom. The van der Waals surface area contributed by atoms with Crippen LogP contribution in [0.2, 0.25) is 0 Å². The highest BCUT2D eigenvalue weighted by Crippen LogP contribution is 2.29. The highest BCUT2D eigenvalue weighted by atomic mass is 79.9. The number of pyridine rings is 1. The van der Waals surface area contributed by atoms with Crippen molar-refractivity contribution in [3.8, 4) is 0 Å². The summed E-state index contributed by atoms with van der Waals surface area (Å²) >= 11 is 3.37. The number of hydrogen-bond donors (Lipinski definition) is 0. The Balaban J connectivity index is 1.82. The van der Waals surface area contributed by atoms with Crippen molar-refractivity contribution in [3.05, 3.63) is 28.5 Å². The van der Waals surface area contributed by atoms with E-state index in [0.29, 0.717) is 18.7 Å². The summed E-state index contributed by atoms with van der Waals surface area (Å²) in [4.78, 5) is 18.7. The quantitative estimate of drug-likeness (QED) is 0.797. The van der Waals surface area contributed by atoms with Crippen molar-refractivity contribution in [2.75, 3.05) is 13.2 Å². The van der Waals surface area contributed by atoms with E-state index in [4.69, 9.17) is 4.74 Å². The zero-order valence-corrected chi connectivity index (χ0v) is 12.3. The number of ether oxygens (including phenoxy) is 1. The summed E-state index contributed by atoms with van der Waals surface area (Å²) in [5.74, 6) is 0.0778. The van der Waals surface area contributed by atoms with Gasteiger partial charge in [0.05, 0.1) is 24.3 Å². The third-order valence-electron chi connectivity index (χ3n) is 3.94. The first-order valence-corrected chi connectivity index (χ1v) is 7.58. The van der Waals surface area contributed by atoms with Crippen molar-refractivity contribution in [1.82, 2.24) is 9.88 Å². The number of carbonyl (C=O) groups is 1. The van der Waals surface area contributed by atoms with Crippen LogP contribution in [0.15, 0.2) is 22.9 Å². The zero-order chi connectivity index (χ0) is 13.2. The molecule has 1 saturated carbocycles. The van der Waals surface area contributed by atoms with Gasteiger partial charge in [-0.25, -0.2) is 0 Å². The minimum Gasteiger partial charge on any atom is -0.374 e. The molecule has 0 N–H and O–H groups in total. The predicted molar refractivity (Wildman–Crippen MR) is 75.0 cm³/mol. The first-order chi connectivity index (χ1) is 9.25. The van der Waals surface area contributed by atoms with E-state index in [9.17, 15) is 4.79 Å². The van der Waals surface area contributed by atoms with Gasteiger partial charge in [0, 0.05) is 23.4 Å². The lowest BCUT2D eigenvalue weighted by atomic mass is 9.90. The van der Waals surface area contributed by atoms with E-state index in [1.54, 1.807) is 12.4 Å². The van der Waals surface area contributed by atoms with Gasteiger partial charge in [-0.3, -0.25) is 9.78 Å². The molecule has 2 aliphatic rings. The van der Waals surface area contributed by atoms with Crippen LogP contribution < -0.4 is 0 Å². The maximum atomic E-state index is 12.6. The molecule has 0 radical (unpaired) electrons. The largest absolute Gasteiger partial charge is 0.374 e. The van der Waals surface area contributed by atoms with Crippen molar-refractivity contribution in [3.63, 3.8) is 0 Å². The third-order valence-corrected chi connectivity index (χ3v) is 4.38. The standard InChI is InChI=1S/C14H17BrN2O2/c15-11-7-10(8-16-9-11)14(18)17-5-6-19-13-4-2-1-3-12(13)17/h7-9,12-13H,1-6H2. The van der Waals surface area contributed by atoms with E-state index < -0.39 is 0 Å². The van der Waals surface area contributed by atoms with Gasteiger partial charge in [-0.2, -0.15) is 0 Å². The number of rotatable bonds is 1. The van der Waals surface area contributed by atoms with Gasteiger partial charge >= 0.3 is 0 Å². The van der Waals surface area contributed by atoms with Gasteiger partial charge in [0.2, 0.25) is 0 Å². The first kappa shape index (κ1) is 13.1. The topological polar surface area (TPSA) is 42.4 Å². The number of amides is 1. The molecule has 2 atom stereocenters. The van der Waals surface area contributed by atoms with Crippen LogP contribution in [-0.2, 0) is 4.74 Å². The van der Waals surface area contributed by atoms with Crippen molar-refractivity contribution in [1.29, 1.82) is 0 Å². The highest BCUT2D eigenvalue weighted by Gasteiger charge is 2.36. The van der Waals surface area contributed by atoms with Gasteiger partial charge in [-0.05, 0) is 34.8 Å². The van der Waals surface area contributed by atoms with Crippen molar-refractivity contribution in [2.24, 2.45) is 0 Å². The lowest BCUT2D eigenvalue weighted by molar-refractivity contribution is -0.0752. The van der Waals surface area contributed by atoms with Crippen LogP contribution in [0.4, 0.5) is 0 Å². The van der Waals surface area contributed by atoms with Crippen molar-refractivity contribution in [2.45, 2.75) is 37.8 Å². The Morgan fingerprint density at radius 2 is 2.21 bits per heavy atom. The van der Waals surface area contributed by atoms with Crippen LogP contribution in [0, 0.1) is 0 Å². The molecule has 1 amide bonds. The predicted octanol–water partition coefficient (Wildman–Crippen LogP) is 2.63. The van der Waals surface area contributed by atoms with Gasteiger partial charge in [-0.1, -0.05) is 12.8 Å². The molecule has 2 unspecified atom stereocenters. The van der Waals surface area contributed by atoms with Crippen LogP contribution in [0.5, 0.6) is 0 Å². The number of fused-ring (bicyclic) bond motifs is 1. The summed E-state index contributed by atoms with van der Waals surface area (Å²) in [6.07, 6.45) is 8.09. The van der Waals surface area contributed by atoms with Crippen LogP contribution in [0.3, 0.4) is 0 Å². The highest BCUT2D eigenvalue weighted by molar-refractivity contribution is 9.10. The van der Waals surface area contributed by atoms with E-state index in [-0.39, 0.29) is 18.1 Å². The fourth-order valence-corrected chi connectivity index (χ4v) is 3.41. The second-order valence-corrected chi connectivity index (χ2v) is 6.07. The number of hydrogen-bond acceptors (Lipinski definition) is 3. The molecular formula is C14H17BrN2O2. The molecule has 0 spiro atoms. The summed E-state index contributed by atoms with van der Waals surface area (Å²) in [5.41, 5.74) is 0.653. The van der Waals surface area contributed by atoms with Gasteiger partial charge < -0.3 is 9.64 Å². The number of aromatic nitrogens is 1. The molecule has 0 bridgehead atoms. The van der Waals surface area contributed by atoms with E-state index in [2.05, 4.69) is 20.9 Å². The van der Waals surface area contributed by atoms with E-state index >= 15 is 0 Å². The van der Waals surface area contributed by atoms with Gasteiger partial charge in [-0.15, -0.1) is 0 Å². The monoisotopic (exact) mass is 324 g/mol. The Kier molecular flexibility index (Phi) is 3.84. The van der Waals surface area contributed by atoms with Crippen LogP contribution in [0.25, 0.3) is 0 Å². The Bertz CT molecular complexity index is 478. The number of morpholine rings is 1. The molecule has 1 aromatic heterocycles. The minimum absolute atomic E-state index is 0.0778. The average Bonchev–Trinajstić information content (AvgIpc) is 2.46. The molecule has 2 heterocycles. The molecule has 19 heavy (non-hydrogen) atoms. The molecule has 102 valence electrons. The van der Waals surface area contributed by atoms with Crippen molar-refractivity contribution < 1.29 is 9.53 Å². The fourth-order valence-electron chi connectivity index (χ4n) is 3.04. The normalized spacial score (nSPS) is 26.9.